The number of fused-ring (bicyclic) bond motifs is 1. The monoisotopic (exact) mass is 418 g/mol. The Morgan fingerprint density at radius 2 is 2.00 bits per heavy atom. The third kappa shape index (κ3) is 4.05. The van der Waals surface area contributed by atoms with E-state index in [1.807, 2.05) is 6.07 Å². The van der Waals surface area contributed by atoms with Crippen molar-refractivity contribution < 1.29 is 9.53 Å². The highest BCUT2D eigenvalue weighted by Crippen LogP contribution is 2.25. The van der Waals surface area contributed by atoms with Gasteiger partial charge >= 0.3 is 11.7 Å². The Balaban J connectivity index is 1.67. The average Bonchev–Trinajstić information content (AvgIpc) is 3.29. The molecule has 0 atom stereocenters. The fourth-order valence-electron chi connectivity index (χ4n) is 3.36. The summed E-state index contributed by atoms with van der Waals surface area (Å²) in [5, 5.41) is 0. The van der Waals surface area contributed by atoms with E-state index in [2.05, 4.69) is 18.8 Å². The number of hydrogen-bond acceptors (Lipinski definition) is 6. The molecule has 9 heteroatoms. The molecule has 0 aliphatic heterocycles. The van der Waals surface area contributed by atoms with Crippen molar-refractivity contribution in [2.75, 3.05) is 6.61 Å². The highest BCUT2D eigenvalue weighted by molar-refractivity contribution is 7.14. The first kappa shape index (κ1) is 21.0. The van der Waals surface area contributed by atoms with Gasteiger partial charge in [0.25, 0.3) is 5.56 Å². The minimum atomic E-state index is -0.428. The van der Waals surface area contributed by atoms with Gasteiger partial charge in [-0.25, -0.2) is 14.6 Å². The quantitative estimate of drug-likeness (QED) is 0.414. The third-order valence-corrected chi connectivity index (χ3v) is 6.13. The molecule has 0 unspecified atom stereocenters. The molecule has 3 aromatic heterocycles. The maximum atomic E-state index is 12.7. The first-order valence-corrected chi connectivity index (χ1v) is 10.6. The number of carbonyl (C=O) groups is 1. The average molecular weight is 419 g/mol. The van der Waals surface area contributed by atoms with Crippen LogP contribution in [0.5, 0.6) is 0 Å². The molecule has 3 aromatic rings. The van der Waals surface area contributed by atoms with Gasteiger partial charge in [0.15, 0.2) is 11.2 Å². The molecule has 0 spiro atoms. The summed E-state index contributed by atoms with van der Waals surface area (Å²) >= 11 is 1.49. The van der Waals surface area contributed by atoms with Gasteiger partial charge in [-0.15, -0.1) is 11.3 Å². The number of aryl methyl sites for hydroxylation is 4. The van der Waals surface area contributed by atoms with E-state index in [1.54, 1.807) is 18.7 Å². The van der Waals surface area contributed by atoms with Crippen LogP contribution in [-0.2, 0) is 38.2 Å². The summed E-state index contributed by atoms with van der Waals surface area (Å²) in [6, 6.07) is 1.91. The second-order valence-corrected chi connectivity index (χ2v) is 8.11. The maximum Gasteiger partial charge on any atom is 0.348 e. The number of carbonyl (C=O) groups excluding carboxylic acids is 1. The van der Waals surface area contributed by atoms with E-state index < -0.39 is 5.69 Å². The lowest BCUT2D eigenvalue weighted by atomic mass is 10.1. The highest BCUT2D eigenvalue weighted by atomic mass is 32.1. The minimum absolute atomic E-state index is 0.139. The van der Waals surface area contributed by atoms with E-state index in [0.717, 1.165) is 23.8 Å². The molecule has 0 bridgehead atoms. The summed E-state index contributed by atoms with van der Waals surface area (Å²) in [5.74, 6) is -0.352. The number of hydrogen-bond donors (Lipinski definition) is 0. The predicted molar refractivity (Wildman–Crippen MR) is 113 cm³/mol. The summed E-state index contributed by atoms with van der Waals surface area (Å²) in [4.78, 5) is 43.4. The standard InChI is InChI=1S/C20H26N4O4S/c1-5-8-14-13(6-2)11-15(29-14)19(26)28-10-7-9-24-18(25)16-17(21-12-22(16)3)23(4)20(24)27/h11-12H,5-10H2,1-4H3. The van der Waals surface area contributed by atoms with Crippen molar-refractivity contribution in [1.82, 2.24) is 18.7 Å². The van der Waals surface area contributed by atoms with Crippen molar-refractivity contribution in [3.63, 3.8) is 0 Å². The van der Waals surface area contributed by atoms with Crippen LogP contribution >= 0.6 is 11.3 Å². The molecule has 29 heavy (non-hydrogen) atoms. The van der Waals surface area contributed by atoms with Gasteiger partial charge in [-0.3, -0.25) is 13.9 Å². The van der Waals surface area contributed by atoms with E-state index in [4.69, 9.17) is 4.74 Å². The van der Waals surface area contributed by atoms with Crippen LogP contribution in [0, 0.1) is 0 Å². The van der Waals surface area contributed by atoms with Crippen molar-refractivity contribution >= 4 is 28.5 Å². The molecular weight excluding hydrogens is 392 g/mol. The summed E-state index contributed by atoms with van der Waals surface area (Å²) in [7, 11) is 3.30. The van der Waals surface area contributed by atoms with Gasteiger partial charge in [0.2, 0.25) is 0 Å². The fraction of sp³-hybridized carbons (Fsp3) is 0.500. The van der Waals surface area contributed by atoms with Gasteiger partial charge in [0.05, 0.1) is 12.9 Å². The summed E-state index contributed by atoms with van der Waals surface area (Å²) in [5.41, 5.74) is 1.12. The normalized spacial score (nSPS) is 11.3. The van der Waals surface area contributed by atoms with E-state index in [0.29, 0.717) is 22.5 Å². The van der Waals surface area contributed by atoms with Gasteiger partial charge in [0, 0.05) is 25.5 Å². The lowest BCUT2D eigenvalue weighted by molar-refractivity contribution is 0.0501. The number of nitrogens with zero attached hydrogens (tertiary/aromatic N) is 4. The molecule has 0 aliphatic rings. The second-order valence-electron chi connectivity index (χ2n) is 6.98. The second kappa shape index (κ2) is 8.77. The van der Waals surface area contributed by atoms with Crippen LogP contribution < -0.4 is 11.2 Å². The first-order chi connectivity index (χ1) is 13.9. The Kier molecular flexibility index (Phi) is 6.36. The molecule has 0 fully saturated rings. The van der Waals surface area contributed by atoms with Crippen LogP contribution in [0.25, 0.3) is 11.2 Å². The smallest absolute Gasteiger partial charge is 0.348 e. The number of thiophene rings is 1. The largest absolute Gasteiger partial charge is 0.461 e. The fourth-order valence-corrected chi connectivity index (χ4v) is 4.61. The number of rotatable bonds is 8. The Labute approximate surface area is 172 Å². The van der Waals surface area contributed by atoms with Gasteiger partial charge < -0.3 is 9.30 Å². The molecule has 0 amide bonds. The van der Waals surface area contributed by atoms with E-state index >= 15 is 0 Å². The van der Waals surface area contributed by atoms with Crippen molar-refractivity contribution in [3.05, 3.63) is 48.5 Å². The zero-order chi connectivity index (χ0) is 21.1. The molecule has 3 heterocycles. The van der Waals surface area contributed by atoms with Crippen molar-refractivity contribution in [2.45, 2.75) is 46.1 Å². The Morgan fingerprint density at radius 3 is 2.69 bits per heavy atom. The van der Waals surface area contributed by atoms with Gasteiger partial charge in [0.1, 0.15) is 4.88 Å². The van der Waals surface area contributed by atoms with Crippen LogP contribution in [0.4, 0.5) is 0 Å². The zero-order valence-electron chi connectivity index (χ0n) is 17.2. The lowest BCUT2D eigenvalue weighted by Crippen LogP contribution is -2.39. The molecule has 156 valence electrons. The Bertz CT molecular complexity index is 1150. The molecule has 3 rings (SSSR count). The summed E-state index contributed by atoms with van der Waals surface area (Å²) in [6.07, 6.45) is 4.77. The van der Waals surface area contributed by atoms with E-state index in [9.17, 15) is 14.4 Å². The molecule has 0 radical (unpaired) electrons. The van der Waals surface area contributed by atoms with Crippen molar-refractivity contribution in [2.24, 2.45) is 14.1 Å². The van der Waals surface area contributed by atoms with Crippen LogP contribution in [0.15, 0.2) is 22.0 Å². The Morgan fingerprint density at radius 1 is 1.24 bits per heavy atom. The SMILES string of the molecule is CCCc1sc(C(=O)OCCCn2c(=O)c3c(ncn3C)n(C)c2=O)cc1CC. The first-order valence-electron chi connectivity index (χ1n) is 9.78. The molecule has 0 aliphatic carbocycles. The number of ether oxygens (including phenoxy) is 1. The van der Waals surface area contributed by atoms with Crippen molar-refractivity contribution in [1.29, 1.82) is 0 Å². The predicted octanol–water partition coefficient (Wildman–Crippen LogP) is 2.26. The minimum Gasteiger partial charge on any atom is -0.461 e. The number of aromatic nitrogens is 4. The van der Waals surface area contributed by atoms with Gasteiger partial charge in [-0.05, 0) is 30.9 Å². The molecule has 0 aromatic carbocycles. The number of imidazole rings is 1. The van der Waals surface area contributed by atoms with E-state index in [-0.39, 0.29) is 24.7 Å². The van der Waals surface area contributed by atoms with E-state index in [1.165, 1.54) is 32.7 Å². The van der Waals surface area contributed by atoms with Crippen LogP contribution in [-0.4, -0.2) is 31.3 Å². The Hall–Kier alpha value is -2.68. The van der Waals surface area contributed by atoms with Crippen LogP contribution in [0.2, 0.25) is 0 Å². The zero-order valence-corrected chi connectivity index (χ0v) is 18.0. The molecule has 0 N–H and O–H groups in total. The molecule has 0 saturated carbocycles. The number of esters is 1. The molecular formula is C20H26N4O4S. The third-order valence-electron chi connectivity index (χ3n) is 4.92. The molecule has 0 saturated heterocycles. The summed E-state index contributed by atoms with van der Waals surface area (Å²) < 4.78 is 9.50. The molecule has 8 nitrogen and oxygen atoms in total. The van der Waals surface area contributed by atoms with Crippen LogP contribution in [0.1, 0.15) is 46.8 Å². The van der Waals surface area contributed by atoms with Crippen LogP contribution in [0.3, 0.4) is 0 Å². The van der Waals surface area contributed by atoms with Crippen molar-refractivity contribution in [3.8, 4) is 0 Å². The highest BCUT2D eigenvalue weighted by Gasteiger charge is 2.16. The summed E-state index contributed by atoms with van der Waals surface area (Å²) in [6.45, 7) is 4.51. The van der Waals surface area contributed by atoms with Gasteiger partial charge in [-0.2, -0.15) is 0 Å². The lowest BCUT2D eigenvalue weighted by Gasteiger charge is -2.09. The maximum absolute atomic E-state index is 12.7. The van der Waals surface area contributed by atoms with Gasteiger partial charge in [-0.1, -0.05) is 20.3 Å². The topological polar surface area (TPSA) is 88.1 Å².